The van der Waals surface area contributed by atoms with E-state index in [9.17, 15) is 4.79 Å². The van der Waals surface area contributed by atoms with Crippen LogP contribution >= 0.6 is 0 Å². The van der Waals surface area contributed by atoms with Gasteiger partial charge in [0.2, 0.25) is 0 Å². The maximum Gasteiger partial charge on any atom is 0.261 e. The molecule has 1 fully saturated rings. The minimum absolute atomic E-state index is 0.00242. The quantitative estimate of drug-likeness (QED) is 0.181. The summed E-state index contributed by atoms with van der Waals surface area (Å²) < 4.78 is 27.8. The Morgan fingerprint density at radius 1 is 0.727 bits per heavy atom. The molecule has 246 valence electrons. The minimum Gasteiger partial charge on any atom is -0.411 e. The predicted molar refractivity (Wildman–Crippen MR) is 192 cm³/mol. The first-order chi connectivity index (χ1) is 20.2. The molecule has 0 radical (unpaired) electrons. The predicted octanol–water partition coefficient (Wildman–Crippen LogP) is 8.09. The van der Waals surface area contributed by atoms with Crippen molar-refractivity contribution in [2.75, 3.05) is 6.61 Å². The lowest BCUT2D eigenvalue weighted by Gasteiger charge is -2.49. The molecule has 0 aliphatic carbocycles. The summed E-state index contributed by atoms with van der Waals surface area (Å²) in [5, 5.41) is 2.45. The first kappa shape index (κ1) is 37.1. The Balaban J connectivity index is 1.93. The van der Waals surface area contributed by atoms with Gasteiger partial charge in [0.25, 0.3) is 8.32 Å². The fourth-order valence-electron chi connectivity index (χ4n) is 5.69. The van der Waals surface area contributed by atoms with Crippen molar-refractivity contribution in [3.63, 3.8) is 0 Å². The normalized spacial score (nSPS) is 22.6. The van der Waals surface area contributed by atoms with Crippen molar-refractivity contribution >= 4 is 41.6 Å². The molecular formula is C36H60O5Si3. The molecule has 8 heteroatoms. The topological polar surface area (TPSA) is 54.0 Å². The van der Waals surface area contributed by atoms with Gasteiger partial charge in [-0.1, -0.05) is 123 Å². The van der Waals surface area contributed by atoms with Gasteiger partial charge in [0.1, 0.15) is 12.2 Å². The number of carbonyl (C=O) groups excluding carboxylic acids is 1. The van der Waals surface area contributed by atoms with Crippen LogP contribution in [0.1, 0.15) is 75.2 Å². The minimum atomic E-state index is -2.67. The van der Waals surface area contributed by atoms with E-state index in [0.29, 0.717) is 19.4 Å². The molecule has 1 aliphatic rings. The number of benzene rings is 2. The number of ether oxygens (including phenoxy) is 1. The molecule has 0 unspecified atom stereocenters. The Bertz CT molecular complexity index is 1160. The van der Waals surface area contributed by atoms with Gasteiger partial charge in [-0.2, -0.15) is 0 Å². The van der Waals surface area contributed by atoms with Crippen molar-refractivity contribution < 1.29 is 22.8 Å². The number of aldehydes is 1. The van der Waals surface area contributed by atoms with Gasteiger partial charge < -0.3 is 22.8 Å². The monoisotopic (exact) mass is 656 g/mol. The third-order valence-electron chi connectivity index (χ3n) is 10.3. The zero-order valence-corrected chi connectivity index (χ0v) is 32.8. The molecular weight excluding hydrogens is 597 g/mol. The van der Waals surface area contributed by atoms with E-state index in [4.69, 9.17) is 18.0 Å². The third kappa shape index (κ3) is 8.11. The lowest BCUT2D eigenvalue weighted by atomic mass is 9.97. The van der Waals surface area contributed by atoms with Crippen molar-refractivity contribution in [2.45, 2.75) is 141 Å². The summed E-state index contributed by atoms with van der Waals surface area (Å²) in [5.41, 5.74) is 0. The number of hydrogen-bond acceptors (Lipinski definition) is 5. The van der Waals surface area contributed by atoms with Gasteiger partial charge in [0, 0.05) is 13.0 Å². The second-order valence-electron chi connectivity index (χ2n) is 16.7. The second-order valence-corrected chi connectivity index (χ2v) is 30.5. The molecule has 1 heterocycles. The van der Waals surface area contributed by atoms with Crippen molar-refractivity contribution in [3.8, 4) is 0 Å². The van der Waals surface area contributed by atoms with Gasteiger partial charge in [-0.05, 0) is 58.1 Å². The Morgan fingerprint density at radius 3 is 1.59 bits per heavy atom. The van der Waals surface area contributed by atoms with E-state index in [1.807, 2.05) is 0 Å². The molecule has 0 aromatic heterocycles. The van der Waals surface area contributed by atoms with Gasteiger partial charge in [0.15, 0.2) is 22.9 Å². The highest BCUT2D eigenvalue weighted by Crippen LogP contribution is 2.43. The Kier molecular flexibility index (Phi) is 11.6. The highest BCUT2D eigenvalue weighted by atomic mass is 28.4. The summed E-state index contributed by atoms with van der Waals surface area (Å²) in [7, 11) is -7.04. The molecule has 0 saturated carbocycles. The molecule has 0 spiro atoms. The van der Waals surface area contributed by atoms with E-state index < -0.39 is 37.2 Å². The summed E-state index contributed by atoms with van der Waals surface area (Å²) >= 11 is 0. The van der Waals surface area contributed by atoms with Crippen LogP contribution < -0.4 is 10.4 Å². The second kappa shape index (κ2) is 13.8. The molecule has 1 aliphatic heterocycles. The SMILES string of the molecule is CC(C)(C)[Si](C)(C)O[C@H]1[C@H](C=O)O[C@H](CCO[Si](c2ccccc2)(c2ccccc2)C(C)(C)C)C[C@@H]1O[Si](C)(C)C(C)(C)C. The van der Waals surface area contributed by atoms with Crippen LogP contribution in [0.25, 0.3) is 0 Å². The largest absolute Gasteiger partial charge is 0.411 e. The number of rotatable bonds is 11. The molecule has 0 bridgehead atoms. The summed E-state index contributed by atoms with van der Waals surface area (Å²) in [6, 6.07) is 21.4. The van der Waals surface area contributed by atoms with E-state index in [0.717, 1.165) is 6.29 Å². The molecule has 1 saturated heterocycles. The first-order valence-corrected chi connectivity index (χ1v) is 24.1. The third-order valence-corrected chi connectivity index (χ3v) is 24.4. The van der Waals surface area contributed by atoms with Crippen LogP contribution in [0.15, 0.2) is 60.7 Å². The Hall–Kier alpha value is -1.40. The Labute approximate surface area is 271 Å². The highest BCUT2D eigenvalue weighted by molar-refractivity contribution is 6.99. The molecule has 2 aromatic rings. The molecule has 0 N–H and O–H groups in total. The van der Waals surface area contributed by atoms with E-state index in [1.54, 1.807) is 0 Å². The standard InChI is InChI=1S/C36H60O5Si3/c1-34(2,3)42(10,11)40-31-26-28(39-32(27-37)33(31)41-43(12,13)35(4,5)6)24-25-38-44(36(7,8)9,29-20-16-14-17-21-29)30-22-18-15-19-23-30/h14-23,27-28,31-33H,24-26H2,1-13H3/t28-,31+,32+,33-/m1/s1. The smallest absolute Gasteiger partial charge is 0.261 e. The van der Waals surface area contributed by atoms with Crippen molar-refractivity contribution in [1.82, 2.24) is 0 Å². The van der Waals surface area contributed by atoms with E-state index in [2.05, 4.69) is 149 Å². The summed E-state index contributed by atoms with van der Waals surface area (Å²) in [4.78, 5) is 12.6. The molecule has 44 heavy (non-hydrogen) atoms. The van der Waals surface area contributed by atoms with Crippen LogP contribution in [-0.2, 0) is 22.8 Å². The van der Waals surface area contributed by atoms with Crippen molar-refractivity contribution in [3.05, 3.63) is 60.7 Å². The van der Waals surface area contributed by atoms with E-state index in [1.165, 1.54) is 10.4 Å². The van der Waals surface area contributed by atoms with Gasteiger partial charge >= 0.3 is 0 Å². The molecule has 4 atom stereocenters. The van der Waals surface area contributed by atoms with Gasteiger partial charge in [-0.25, -0.2) is 0 Å². The van der Waals surface area contributed by atoms with Crippen LogP contribution in [0.3, 0.4) is 0 Å². The fraction of sp³-hybridized carbons (Fsp3) is 0.639. The molecule has 5 nitrogen and oxygen atoms in total. The zero-order valence-electron chi connectivity index (χ0n) is 29.8. The summed E-state index contributed by atoms with van der Waals surface area (Å²) in [6.45, 7) is 29.9. The Morgan fingerprint density at radius 2 is 1.18 bits per heavy atom. The first-order valence-electron chi connectivity index (χ1n) is 16.4. The van der Waals surface area contributed by atoms with Crippen LogP contribution in [0.4, 0.5) is 0 Å². The molecule has 3 rings (SSSR count). The average Bonchev–Trinajstić information content (AvgIpc) is 2.91. The number of carbonyl (C=O) groups is 1. The zero-order chi connectivity index (χ0) is 33.2. The van der Waals surface area contributed by atoms with Gasteiger partial charge in [0.05, 0.1) is 12.2 Å². The number of hydrogen-bond donors (Lipinski definition) is 0. The summed E-state index contributed by atoms with van der Waals surface area (Å²) in [6.07, 6.45) is 0.819. The van der Waals surface area contributed by atoms with Crippen molar-refractivity contribution in [1.29, 1.82) is 0 Å². The lowest BCUT2D eigenvalue weighted by Crippen LogP contribution is -2.66. The van der Waals surface area contributed by atoms with Crippen molar-refractivity contribution in [2.24, 2.45) is 0 Å². The van der Waals surface area contributed by atoms with Crippen LogP contribution in [0, 0.1) is 0 Å². The average molecular weight is 657 g/mol. The van der Waals surface area contributed by atoms with Gasteiger partial charge in [-0.3, -0.25) is 0 Å². The van der Waals surface area contributed by atoms with Crippen LogP contribution in [-0.4, -0.2) is 62.3 Å². The molecule has 0 amide bonds. The highest BCUT2D eigenvalue weighted by Gasteiger charge is 2.52. The maximum absolute atomic E-state index is 12.6. The van der Waals surface area contributed by atoms with E-state index in [-0.39, 0.29) is 27.3 Å². The summed E-state index contributed by atoms with van der Waals surface area (Å²) in [5.74, 6) is 0. The van der Waals surface area contributed by atoms with Crippen LogP contribution in [0.2, 0.25) is 41.3 Å². The van der Waals surface area contributed by atoms with Gasteiger partial charge in [-0.15, -0.1) is 0 Å². The lowest BCUT2D eigenvalue weighted by molar-refractivity contribution is -0.166. The van der Waals surface area contributed by atoms with E-state index >= 15 is 0 Å². The van der Waals surface area contributed by atoms with Crippen LogP contribution in [0.5, 0.6) is 0 Å². The fourth-order valence-corrected chi connectivity index (χ4v) is 12.9. The maximum atomic E-state index is 12.6. The molecule has 2 aromatic carbocycles.